The number of ether oxygens (including phenoxy) is 2. The van der Waals surface area contributed by atoms with Crippen molar-refractivity contribution in [2.75, 3.05) is 26.2 Å². The standard InChI is InChI=1S/C20H33N3O5/c1-15-16(2)23(19(25)28-20(3,4)5)11-10-22(15)18(24)21-9-7-12-26-14-17-8-6-13-27-17/h6,8,13,15-16H,7,9-12,14H2,1-5H3,(H,21,24). The van der Waals surface area contributed by atoms with Gasteiger partial charge in [0.25, 0.3) is 0 Å². The summed E-state index contributed by atoms with van der Waals surface area (Å²) in [4.78, 5) is 28.3. The average molecular weight is 396 g/mol. The minimum Gasteiger partial charge on any atom is -0.467 e. The van der Waals surface area contributed by atoms with Crippen molar-refractivity contribution in [3.8, 4) is 0 Å². The zero-order valence-corrected chi connectivity index (χ0v) is 17.6. The maximum atomic E-state index is 12.5. The molecule has 0 spiro atoms. The highest BCUT2D eigenvalue weighted by Gasteiger charge is 2.37. The summed E-state index contributed by atoms with van der Waals surface area (Å²) < 4.78 is 16.2. The van der Waals surface area contributed by atoms with Gasteiger partial charge < -0.3 is 29.0 Å². The largest absolute Gasteiger partial charge is 0.467 e. The van der Waals surface area contributed by atoms with Crippen LogP contribution in [-0.2, 0) is 16.1 Å². The van der Waals surface area contributed by atoms with Gasteiger partial charge in [0.1, 0.15) is 18.0 Å². The van der Waals surface area contributed by atoms with E-state index in [-0.39, 0.29) is 24.2 Å². The van der Waals surface area contributed by atoms with E-state index in [1.807, 2.05) is 46.8 Å². The number of nitrogens with one attached hydrogen (secondary N) is 1. The lowest BCUT2D eigenvalue weighted by molar-refractivity contribution is -0.00547. The second-order valence-corrected chi connectivity index (χ2v) is 8.07. The molecule has 0 aliphatic carbocycles. The summed E-state index contributed by atoms with van der Waals surface area (Å²) in [6.45, 7) is 11.9. The van der Waals surface area contributed by atoms with E-state index < -0.39 is 5.60 Å². The molecule has 2 rings (SSSR count). The molecule has 3 amide bonds. The van der Waals surface area contributed by atoms with Crippen LogP contribution >= 0.6 is 0 Å². The number of rotatable bonds is 6. The maximum Gasteiger partial charge on any atom is 0.410 e. The third kappa shape index (κ3) is 6.44. The lowest BCUT2D eigenvalue weighted by Gasteiger charge is -2.44. The molecule has 8 heteroatoms. The van der Waals surface area contributed by atoms with Crippen LogP contribution in [0.1, 0.15) is 46.8 Å². The Balaban J connectivity index is 1.70. The van der Waals surface area contributed by atoms with E-state index in [4.69, 9.17) is 13.9 Å². The molecule has 1 N–H and O–H groups in total. The predicted molar refractivity (Wildman–Crippen MR) is 105 cm³/mol. The summed E-state index contributed by atoms with van der Waals surface area (Å²) in [5.41, 5.74) is -0.534. The smallest absolute Gasteiger partial charge is 0.410 e. The monoisotopic (exact) mass is 395 g/mol. The molecule has 0 radical (unpaired) electrons. The quantitative estimate of drug-likeness (QED) is 0.748. The molecule has 2 heterocycles. The highest BCUT2D eigenvalue weighted by molar-refractivity contribution is 5.75. The molecule has 1 aliphatic rings. The summed E-state index contributed by atoms with van der Waals surface area (Å²) in [6.07, 6.45) is 2.00. The predicted octanol–water partition coefficient (Wildman–Crippen LogP) is 3.23. The van der Waals surface area contributed by atoms with Crippen molar-refractivity contribution in [3.05, 3.63) is 24.2 Å². The van der Waals surface area contributed by atoms with Gasteiger partial charge in [0.2, 0.25) is 0 Å². The van der Waals surface area contributed by atoms with E-state index in [0.29, 0.717) is 39.3 Å². The minimum atomic E-state index is -0.534. The van der Waals surface area contributed by atoms with Gasteiger partial charge >= 0.3 is 12.1 Å². The second-order valence-electron chi connectivity index (χ2n) is 8.07. The Bertz CT molecular complexity index is 626. The fraction of sp³-hybridized carbons (Fsp3) is 0.700. The van der Waals surface area contributed by atoms with Crippen LogP contribution in [0.4, 0.5) is 9.59 Å². The highest BCUT2D eigenvalue weighted by atomic mass is 16.6. The van der Waals surface area contributed by atoms with E-state index in [1.165, 1.54) is 0 Å². The molecule has 2 atom stereocenters. The first kappa shape index (κ1) is 22.1. The van der Waals surface area contributed by atoms with Gasteiger partial charge in [-0.05, 0) is 53.2 Å². The van der Waals surface area contributed by atoms with Crippen molar-refractivity contribution >= 4 is 12.1 Å². The summed E-state index contributed by atoms with van der Waals surface area (Å²) in [7, 11) is 0. The van der Waals surface area contributed by atoms with Crippen LogP contribution in [0.25, 0.3) is 0 Å². The number of nitrogens with zero attached hydrogens (tertiary/aromatic N) is 2. The van der Waals surface area contributed by atoms with Crippen LogP contribution in [0.15, 0.2) is 22.8 Å². The second kappa shape index (κ2) is 9.82. The average Bonchev–Trinajstić information content (AvgIpc) is 3.11. The highest BCUT2D eigenvalue weighted by Crippen LogP contribution is 2.20. The maximum absolute atomic E-state index is 12.5. The van der Waals surface area contributed by atoms with Gasteiger partial charge in [-0.15, -0.1) is 0 Å². The topological polar surface area (TPSA) is 84.2 Å². The van der Waals surface area contributed by atoms with Crippen molar-refractivity contribution in [1.82, 2.24) is 15.1 Å². The van der Waals surface area contributed by atoms with E-state index in [2.05, 4.69) is 5.32 Å². The van der Waals surface area contributed by atoms with Crippen LogP contribution in [0.5, 0.6) is 0 Å². The van der Waals surface area contributed by atoms with E-state index in [9.17, 15) is 9.59 Å². The molecule has 28 heavy (non-hydrogen) atoms. The Hall–Kier alpha value is -2.22. The Morgan fingerprint density at radius 2 is 1.89 bits per heavy atom. The lowest BCUT2D eigenvalue weighted by Crippen LogP contribution is -2.62. The fourth-order valence-corrected chi connectivity index (χ4v) is 3.05. The minimum absolute atomic E-state index is 0.100. The number of furan rings is 1. The number of carbonyl (C=O) groups excluding carboxylic acids is 2. The molecular formula is C20H33N3O5. The summed E-state index contributed by atoms with van der Waals surface area (Å²) in [5.74, 6) is 0.787. The van der Waals surface area contributed by atoms with Gasteiger partial charge in [-0.3, -0.25) is 0 Å². The normalized spacial score (nSPS) is 20.2. The molecule has 1 fully saturated rings. The molecule has 1 aromatic heterocycles. The van der Waals surface area contributed by atoms with Gasteiger partial charge in [-0.2, -0.15) is 0 Å². The number of amides is 3. The SMILES string of the molecule is CC1C(C)N(C(=O)OC(C)(C)C)CCN1C(=O)NCCCOCc1ccco1. The number of hydrogen-bond donors (Lipinski definition) is 1. The molecule has 0 aromatic carbocycles. The molecule has 0 saturated carbocycles. The van der Waals surface area contributed by atoms with Crippen molar-refractivity contribution in [1.29, 1.82) is 0 Å². The molecule has 158 valence electrons. The molecule has 2 unspecified atom stereocenters. The molecule has 0 bridgehead atoms. The summed E-state index contributed by atoms with van der Waals surface area (Å²) >= 11 is 0. The summed E-state index contributed by atoms with van der Waals surface area (Å²) in [6, 6.07) is 3.35. The Morgan fingerprint density at radius 3 is 2.54 bits per heavy atom. The molecule has 8 nitrogen and oxygen atoms in total. The lowest BCUT2D eigenvalue weighted by atomic mass is 10.1. The van der Waals surface area contributed by atoms with Crippen LogP contribution in [0.2, 0.25) is 0 Å². The third-order valence-electron chi connectivity index (χ3n) is 4.72. The first-order valence-electron chi connectivity index (χ1n) is 9.83. The first-order chi connectivity index (χ1) is 13.2. The van der Waals surface area contributed by atoms with E-state index in [1.54, 1.807) is 16.1 Å². The van der Waals surface area contributed by atoms with Gasteiger partial charge in [-0.25, -0.2) is 9.59 Å². The fourth-order valence-electron chi connectivity index (χ4n) is 3.05. The first-order valence-corrected chi connectivity index (χ1v) is 9.83. The molecular weight excluding hydrogens is 362 g/mol. The molecule has 1 saturated heterocycles. The zero-order valence-electron chi connectivity index (χ0n) is 17.6. The number of piperazine rings is 1. The molecule has 1 aromatic rings. The van der Waals surface area contributed by atoms with Crippen LogP contribution in [-0.4, -0.2) is 65.9 Å². The Labute approximate surface area is 167 Å². The number of hydrogen-bond acceptors (Lipinski definition) is 5. The van der Waals surface area contributed by atoms with Gasteiger partial charge in [-0.1, -0.05) is 0 Å². The van der Waals surface area contributed by atoms with Gasteiger partial charge in [0.05, 0.1) is 18.3 Å². The van der Waals surface area contributed by atoms with Crippen LogP contribution in [0.3, 0.4) is 0 Å². The van der Waals surface area contributed by atoms with E-state index in [0.717, 1.165) is 5.76 Å². The molecule has 1 aliphatic heterocycles. The van der Waals surface area contributed by atoms with Crippen molar-refractivity contribution in [3.63, 3.8) is 0 Å². The number of urea groups is 1. The summed E-state index contributed by atoms with van der Waals surface area (Å²) in [5, 5.41) is 2.93. The van der Waals surface area contributed by atoms with Crippen molar-refractivity contribution < 1.29 is 23.5 Å². The number of carbonyl (C=O) groups is 2. The zero-order chi connectivity index (χ0) is 20.7. The third-order valence-corrected chi connectivity index (χ3v) is 4.72. The van der Waals surface area contributed by atoms with Crippen LogP contribution < -0.4 is 5.32 Å². The van der Waals surface area contributed by atoms with E-state index >= 15 is 0 Å². The van der Waals surface area contributed by atoms with Gasteiger partial charge in [0.15, 0.2) is 0 Å². The van der Waals surface area contributed by atoms with Crippen molar-refractivity contribution in [2.45, 2.75) is 65.3 Å². The van der Waals surface area contributed by atoms with Crippen molar-refractivity contribution in [2.24, 2.45) is 0 Å². The van der Waals surface area contributed by atoms with Crippen LogP contribution in [0, 0.1) is 0 Å². The van der Waals surface area contributed by atoms with Gasteiger partial charge in [0, 0.05) is 26.2 Å². The Morgan fingerprint density at radius 1 is 1.21 bits per heavy atom. The Kier molecular flexibility index (Phi) is 7.74.